The minimum Gasteiger partial charge on any atom is -0.505 e. The van der Waals surface area contributed by atoms with E-state index in [2.05, 4.69) is 10.3 Å². The van der Waals surface area contributed by atoms with Crippen molar-refractivity contribution in [1.29, 1.82) is 0 Å². The maximum atomic E-state index is 12.1. The van der Waals surface area contributed by atoms with Gasteiger partial charge in [0.1, 0.15) is 11.3 Å². The summed E-state index contributed by atoms with van der Waals surface area (Å²) in [5.74, 6) is -2.08. The number of carboxylic acid groups (broad SMARTS) is 1. The number of carbonyl (C=O) groups is 2. The summed E-state index contributed by atoms with van der Waals surface area (Å²) in [7, 11) is 1.40. The van der Waals surface area contributed by atoms with Gasteiger partial charge in [-0.1, -0.05) is 6.07 Å². The van der Waals surface area contributed by atoms with Crippen molar-refractivity contribution < 1.29 is 24.5 Å². The summed E-state index contributed by atoms with van der Waals surface area (Å²) >= 11 is 0. The molecule has 0 unspecified atom stereocenters. The van der Waals surface area contributed by atoms with Crippen LogP contribution >= 0.6 is 0 Å². The highest BCUT2D eigenvalue weighted by Gasteiger charge is 2.17. The number of pyridine rings is 1. The highest BCUT2D eigenvalue weighted by Crippen LogP contribution is 2.28. The molecule has 2 rings (SSSR count). The number of phenols is 1. The van der Waals surface area contributed by atoms with Gasteiger partial charge < -0.3 is 20.3 Å². The Balaban J connectivity index is 2.32. The number of hydrogen-bond donors (Lipinski definition) is 3. The molecule has 1 aromatic carbocycles. The van der Waals surface area contributed by atoms with E-state index in [1.165, 1.54) is 43.8 Å². The number of aromatic nitrogens is 1. The summed E-state index contributed by atoms with van der Waals surface area (Å²) in [6, 6.07) is 5.50. The Hall–Kier alpha value is -3.09. The zero-order chi connectivity index (χ0) is 15.4. The Morgan fingerprint density at radius 2 is 2.00 bits per heavy atom. The van der Waals surface area contributed by atoms with E-state index in [-0.39, 0.29) is 22.6 Å². The Morgan fingerprint density at radius 1 is 1.24 bits per heavy atom. The lowest BCUT2D eigenvalue weighted by atomic mass is 10.1. The normalized spacial score (nSPS) is 9.95. The summed E-state index contributed by atoms with van der Waals surface area (Å²) in [5, 5.41) is 21.2. The lowest BCUT2D eigenvalue weighted by molar-refractivity contribution is 0.0693. The van der Waals surface area contributed by atoms with Crippen molar-refractivity contribution in [2.45, 2.75) is 0 Å². The number of carboxylic acids is 1. The molecule has 1 amide bonds. The molecule has 2 aromatic rings. The molecule has 0 aliphatic carbocycles. The fourth-order valence-corrected chi connectivity index (χ4v) is 1.74. The lowest BCUT2D eigenvalue weighted by Crippen LogP contribution is -2.14. The van der Waals surface area contributed by atoms with Crippen molar-refractivity contribution >= 4 is 17.6 Å². The second kappa shape index (κ2) is 5.91. The number of rotatable bonds is 4. The monoisotopic (exact) mass is 288 g/mol. The lowest BCUT2D eigenvalue weighted by Gasteiger charge is -2.10. The maximum absolute atomic E-state index is 12.1. The average Bonchev–Trinajstić information content (AvgIpc) is 2.48. The average molecular weight is 288 g/mol. The standard InChI is InChI=1S/C14H12N2O5/c1-21-11-7-15-6-5-8(11)13(18)16-10-4-2-3-9(12(10)17)14(19)20/h2-7,17H,1H3,(H,16,18)(H,19,20). The van der Waals surface area contributed by atoms with Crippen LogP contribution in [-0.4, -0.2) is 34.2 Å². The first kappa shape index (κ1) is 14.3. The SMILES string of the molecule is COc1cnccc1C(=O)Nc1cccc(C(=O)O)c1O. The van der Waals surface area contributed by atoms with Gasteiger partial charge in [-0.15, -0.1) is 0 Å². The molecule has 3 N–H and O–H groups in total. The third-order valence-corrected chi connectivity index (χ3v) is 2.76. The molecule has 0 saturated heterocycles. The number of para-hydroxylation sites is 1. The van der Waals surface area contributed by atoms with Crippen LogP contribution in [0.25, 0.3) is 0 Å². The number of anilines is 1. The smallest absolute Gasteiger partial charge is 0.339 e. The van der Waals surface area contributed by atoms with E-state index in [0.29, 0.717) is 0 Å². The summed E-state index contributed by atoms with van der Waals surface area (Å²) in [6.45, 7) is 0. The fraction of sp³-hybridized carbons (Fsp3) is 0.0714. The van der Waals surface area contributed by atoms with Crippen molar-refractivity contribution in [3.63, 3.8) is 0 Å². The number of nitrogens with zero attached hydrogens (tertiary/aromatic N) is 1. The molecule has 0 spiro atoms. The maximum Gasteiger partial charge on any atom is 0.339 e. The Labute approximate surface area is 119 Å². The van der Waals surface area contributed by atoms with E-state index >= 15 is 0 Å². The van der Waals surface area contributed by atoms with Gasteiger partial charge in [0.2, 0.25) is 0 Å². The highest BCUT2D eigenvalue weighted by molar-refractivity contribution is 6.07. The van der Waals surface area contributed by atoms with E-state index < -0.39 is 17.6 Å². The fourth-order valence-electron chi connectivity index (χ4n) is 1.74. The van der Waals surface area contributed by atoms with Gasteiger partial charge in [-0.3, -0.25) is 9.78 Å². The molecular weight excluding hydrogens is 276 g/mol. The van der Waals surface area contributed by atoms with Crippen LogP contribution in [-0.2, 0) is 0 Å². The largest absolute Gasteiger partial charge is 0.505 e. The Kier molecular flexibility index (Phi) is 4.03. The highest BCUT2D eigenvalue weighted by atomic mass is 16.5. The molecule has 21 heavy (non-hydrogen) atoms. The van der Waals surface area contributed by atoms with E-state index in [4.69, 9.17) is 9.84 Å². The molecule has 108 valence electrons. The van der Waals surface area contributed by atoms with Gasteiger partial charge in [-0.2, -0.15) is 0 Å². The van der Waals surface area contributed by atoms with Crippen LogP contribution < -0.4 is 10.1 Å². The molecule has 1 aromatic heterocycles. The first-order chi connectivity index (χ1) is 10.0. The predicted octanol–water partition coefficient (Wildman–Crippen LogP) is 1.75. The minimum absolute atomic E-state index is 0.00114. The number of nitrogens with one attached hydrogen (secondary N) is 1. The predicted molar refractivity (Wildman–Crippen MR) is 73.8 cm³/mol. The number of benzene rings is 1. The number of hydrogen-bond acceptors (Lipinski definition) is 5. The Bertz CT molecular complexity index is 700. The molecule has 0 aliphatic rings. The number of methoxy groups -OCH3 is 1. The van der Waals surface area contributed by atoms with Gasteiger partial charge in [-0.25, -0.2) is 4.79 Å². The number of aromatic carboxylic acids is 1. The summed E-state index contributed by atoms with van der Waals surface area (Å²) in [4.78, 5) is 26.9. The molecule has 0 radical (unpaired) electrons. The van der Waals surface area contributed by atoms with Gasteiger partial charge in [0.15, 0.2) is 5.75 Å². The van der Waals surface area contributed by atoms with E-state index in [1.54, 1.807) is 0 Å². The molecule has 0 fully saturated rings. The van der Waals surface area contributed by atoms with Gasteiger partial charge >= 0.3 is 5.97 Å². The molecule has 0 atom stereocenters. The molecule has 0 aliphatic heterocycles. The third-order valence-electron chi connectivity index (χ3n) is 2.76. The molecule has 1 heterocycles. The summed E-state index contributed by atoms with van der Waals surface area (Å²) in [6.07, 6.45) is 2.80. The second-order valence-corrected chi connectivity index (χ2v) is 4.04. The quantitative estimate of drug-likeness (QED) is 0.739. The molecule has 0 saturated carbocycles. The van der Waals surface area contributed by atoms with E-state index in [0.717, 1.165) is 0 Å². The van der Waals surface area contributed by atoms with Crippen molar-refractivity contribution in [2.24, 2.45) is 0 Å². The van der Waals surface area contributed by atoms with Crippen LogP contribution in [0.4, 0.5) is 5.69 Å². The van der Waals surface area contributed by atoms with Gasteiger partial charge in [-0.05, 0) is 18.2 Å². The first-order valence-corrected chi connectivity index (χ1v) is 5.89. The van der Waals surface area contributed by atoms with Crippen LogP contribution in [0.3, 0.4) is 0 Å². The van der Waals surface area contributed by atoms with Crippen LogP contribution in [0.15, 0.2) is 36.7 Å². The van der Waals surface area contributed by atoms with Crippen LogP contribution in [0.1, 0.15) is 20.7 Å². The van der Waals surface area contributed by atoms with Gasteiger partial charge in [0.25, 0.3) is 5.91 Å². The molecule has 7 nitrogen and oxygen atoms in total. The van der Waals surface area contributed by atoms with E-state index in [9.17, 15) is 14.7 Å². The zero-order valence-electron chi connectivity index (χ0n) is 11.0. The van der Waals surface area contributed by atoms with Crippen LogP contribution in [0.5, 0.6) is 11.5 Å². The number of carbonyl (C=O) groups excluding carboxylic acids is 1. The Morgan fingerprint density at radius 3 is 2.67 bits per heavy atom. The molecule has 7 heteroatoms. The summed E-state index contributed by atoms with van der Waals surface area (Å²) in [5.41, 5.74) is -0.0825. The molecule has 0 bridgehead atoms. The second-order valence-electron chi connectivity index (χ2n) is 4.04. The molecular formula is C14H12N2O5. The number of aromatic hydroxyl groups is 1. The van der Waals surface area contributed by atoms with Crippen molar-refractivity contribution in [2.75, 3.05) is 12.4 Å². The number of amides is 1. The van der Waals surface area contributed by atoms with Crippen molar-refractivity contribution in [3.8, 4) is 11.5 Å². The van der Waals surface area contributed by atoms with E-state index in [1.807, 2.05) is 0 Å². The minimum atomic E-state index is -1.29. The van der Waals surface area contributed by atoms with Crippen LogP contribution in [0, 0.1) is 0 Å². The first-order valence-electron chi connectivity index (χ1n) is 5.89. The topological polar surface area (TPSA) is 109 Å². The van der Waals surface area contributed by atoms with Gasteiger partial charge in [0.05, 0.1) is 24.6 Å². The van der Waals surface area contributed by atoms with Crippen molar-refractivity contribution in [1.82, 2.24) is 4.98 Å². The summed E-state index contributed by atoms with van der Waals surface area (Å²) < 4.78 is 5.02. The van der Waals surface area contributed by atoms with Crippen LogP contribution in [0.2, 0.25) is 0 Å². The van der Waals surface area contributed by atoms with Gasteiger partial charge in [0, 0.05) is 6.20 Å². The number of ether oxygens (including phenoxy) is 1. The van der Waals surface area contributed by atoms with Crippen molar-refractivity contribution in [3.05, 3.63) is 47.8 Å². The zero-order valence-corrected chi connectivity index (χ0v) is 11.0. The third kappa shape index (κ3) is 2.92.